The van der Waals surface area contributed by atoms with Crippen molar-refractivity contribution in [3.8, 4) is 0 Å². The number of piperazine rings is 1. The summed E-state index contributed by atoms with van der Waals surface area (Å²) in [6.07, 6.45) is 5.65. The molecule has 1 saturated heterocycles. The Kier molecular flexibility index (Phi) is 4.26. The van der Waals surface area contributed by atoms with E-state index in [0.717, 1.165) is 17.9 Å². The second kappa shape index (κ2) is 5.50. The predicted molar refractivity (Wildman–Crippen MR) is 69.6 cm³/mol. The van der Waals surface area contributed by atoms with Gasteiger partial charge in [-0.25, -0.2) is 0 Å². The topological polar surface area (TPSA) is 15.3 Å². The van der Waals surface area contributed by atoms with Gasteiger partial charge in [0.2, 0.25) is 0 Å². The zero-order valence-electron chi connectivity index (χ0n) is 11.2. The summed E-state index contributed by atoms with van der Waals surface area (Å²) in [4.78, 5) is 2.78. The van der Waals surface area contributed by atoms with Gasteiger partial charge >= 0.3 is 0 Å². The van der Waals surface area contributed by atoms with Gasteiger partial charge in [0.25, 0.3) is 0 Å². The maximum Gasteiger partial charge on any atom is 0.0221 e. The number of hydrogen-bond donors (Lipinski definition) is 1. The molecular formula is C14H28N2. The zero-order valence-corrected chi connectivity index (χ0v) is 11.2. The van der Waals surface area contributed by atoms with E-state index in [9.17, 15) is 0 Å². The van der Waals surface area contributed by atoms with E-state index in [1.807, 2.05) is 0 Å². The van der Waals surface area contributed by atoms with Crippen LogP contribution in [-0.2, 0) is 0 Å². The van der Waals surface area contributed by atoms with Gasteiger partial charge in [0.05, 0.1) is 0 Å². The molecule has 0 aromatic rings. The maximum atomic E-state index is 3.74. The quantitative estimate of drug-likeness (QED) is 0.772. The highest BCUT2D eigenvalue weighted by Gasteiger charge is 2.32. The van der Waals surface area contributed by atoms with E-state index < -0.39 is 0 Å². The lowest BCUT2D eigenvalue weighted by molar-refractivity contribution is 0.102. The first kappa shape index (κ1) is 12.4. The van der Waals surface area contributed by atoms with E-state index in [2.05, 4.69) is 31.0 Å². The number of nitrogens with zero attached hydrogens (tertiary/aromatic N) is 1. The van der Waals surface area contributed by atoms with Gasteiger partial charge in [-0.3, -0.25) is 4.90 Å². The minimum Gasteiger partial charge on any atom is -0.311 e. The molecular weight excluding hydrogens is 196 g/mol. The van der Waals surface area contributed by atoms with Crippen LogP contribution in [-0.4, -0.2) is 36.6 Å². The number of nitrogens with one attached hydrogen (secondary N) is 1. The van der Waals surface area contributed by atoms with Crippen LogP contribution in [0, 0.1) is 11.8 Å². The van der Waals surface area contributed by atoms with Crippen LogP contribution in [0.15, 0.2) is 0 Å². The van der Waals surface area contributed by atoms with Gasteiger partial charge in [0.15, 0.2) is 0 Å². The smallest absolute Gasteiger partial charge is 0.0221 e. The second-order valence-electron chi connectivity index (χ2n) is 6.10. The third-order valence-electron chi connectivity index (χ3n) is 4.18. The van der Waals surface area contributed by atoms with Crippen molar-refractivity contribution in [3.63, 3.8) is 0 Å². The summed E-state index contributed by atoms with van der Waals surface area (Å²) in [7, 11) is 0. The summed E-state index contributed by atoms with van der Waals surface area (Å²) < 4.78 is 0. The molecule has 16 heavy (non-hydrogen) atoms. The SMILES string of the molecule is CCCC1CNC(C(C)C)CN1CC1CC1. The molecule has 2 unspecified atom stereocenters. The molecule has 0 aromatic heterocycles. The Labute approximate surface area is 101 Å². The van der Waals surface area contributed by atoms with Crippen LogP contribution in [0.25, 0.3) is 0 Å². The molecule has 2 nitrogen and oxygen atoms in total. The summed E-state index contributed by atoms with van der Waals surface area (Å²) in [5, 5.41) is 3.74. The molecule has 2 atom stereocenters. The predicted octanol–water partition coefficient (Wildman–Crippen LogP) is 2.49. The highest BCUT2D eigenvalue weighted by molar-refractivity contribution is 4.90. The Morgan fingerprint density at radius 1 is 1.31 bits per heavy atom. The fourth-order valence-corrected chi connectivity index (χ4v) is 2.80. The molecule has 2 heteroatoms. The Morgan fingerprint density at radius 3 is 2.62 bits per heavy atom. The lowest BCUT2D eigenvalue weighted by atomic mass is 9.97. The molecule has 2 rings (SSSR count). The van der Waals surface area contributed by atoms with Gasteiger partial charge in [-0.05, 0) is 31.1 Å². The highest BCUT2D eigenvalue weighted by atomic mass is 15.2. The summed E-state index contributed by atoms with van der Waals surface area (Å²) >= 11 is 0. The van der Waals surface area contributed by atoms with Crippen molar-refractivity contribution < 1.29 is 0 Å². The minimum absolute atomic E-state index is 0.715. The van der Waals surface area contributed by atoms with Crippen molar-refractivity contribution in [2.75, 3.05) is 19.6 Å². The molecule has 0 amide bonds. The van der Waals surface area contributed by atoms with Crippen LogP contribution >= 0.6 is 0 Å². The average Bonchev–Trinajstić information content (AvgIpc) is 3.04. The Hall–Kier alpha value is -0.0800. The van der Waals surface area contributed by atoms with E-state index in [-0.39, 0.29) is 0 Å². The van der Waals surface area contributed by atoms with Crippen molar-refractivity contribution in [2.24, 2.45) is 11.8 Å². The molecule has 0 radical (unpaired) electrons. The van der Waals surface area contributed by atoms with Gasteiger partial charge < -0.3 is 5.32 Å². The Balaban J connectivity index is 1.88. The van der Waals surface area contributed by atoms with Crippen LogP contribution in [0.5, 0.6) is 0 Å². The molecule has 0 aromatic carbocycles. The zero-order chi connectivity index (χ0) is 11.5. The van der Waals surface area contributed by atoms with Gasteiger partial charge in [0.1, 0.15) is 0 Å². The summed E-state index contributed by atoms with van der Waals surface area (Å²) in [6.45, 7) is 10.8. The van der Waals surface area contributed by atoms with Crippen molar-refractivity contribution in [3.05, 3.63) is 0 Å². The first-order valence-electron chi connectivity index (χ1n) is 7.18. The fraction of sp³-hybridized carbons (Fsp3) is 1.00. The van der Waals surface area contributed by atoms with Crippen LogP contribution in [0.4, 0.5) is 0 Å². The molecule has 0 bridgehead atoms. The molecule has 1 heterocycles. The van der Waals surface area contributed by atoms with Gasteiger partial charge in [0, 0.05) is 31.7 Å². The monoisotopic (exact) mass is 224 g/mol. The molecule has 2 aliphatic rings. The van der Waals surface area contributed by atoms with E-state index in [4.69, 9.17) is 0 Å². The number of rotatable bonds is 5. The van der Waals surface area contributed by atoms with Crippen molar-refractivity contribution in [1.29, 1.82) is 0 Å². The Bertz CT molecular complexity index is 211. The molecule has 0 spiro atoms. The minimum atomic E-state index is 0.715. The van der Waals surface area contributed by atoms with Crippen molar-refractivity contribution in [1.82, 2.24) is 10.2 Å². The van der Waals surface area contributed by atoms with E-state index in [1.165, 1.54) is 45.3 Å². The summed E-state index contributed by atoms with van der Waals surface area (Å²) in [5.41, 5.74) is 0. The van der Waals surface area contributed by atoms with E-state index in [0.29, 0.717) is 6.04 Å². The lowest BCUT2D eigenvalue weighted by Crippen LogP contribution is -2.58. The first-order valence-corrected chi connectivity index (χ1v) is 7.18. The van der Waals surface area contributed by atoms with Gasteiger partial charge in [-0.2, -0.15) is 0 Å². The third kappa shape index (κ3) is 3.21. The number of hydrogen-bond acceptors (Lipinski definition) is 2. The molecule has 1 aliphatic heterocycles. The van der Waals surface area contributed by atoms with E-state index in [1.54, 1.807) is 0 Å². The standard InChI is InChI=1S/C14H28N2/c1-4-5-13-8-15-14(11(2)3)10-16(13)9-12-6-7-12/h11-15H,4-10H2,1-3H3. The molecule has 94 valence electrons. The molecule has 1 saturated carbocycles. The highest BCUT2D eigenvalue weighted by Crippen LogP contribution is 2.31. The second-order valence-corrected chi connectivity index (χ2v) is 6.10. The van der Waals surface area contributed by atoms with Crippen LogP contribution in [0.3, 0.4) is 0 Å². The summed E-state index contributed by atoms with van der Waals surface area (Å²) in [6, 6.07) is 1.52. The van der Waals surface area contributed by atoms with Crippen LogP contribution in [0.2, 0.25) is 0 Å². The average molecular weight is 224 g/mol. The Morgan fingerprint density at radius 2 is 2.06 bits per heavy atom. The van der Waals surface area contributed by atoms with Crippen molar-refractivity contribution in [2.45, 2.75) is 58.5 Å². The largest absolute Gasteiger partial charge is 0.311 e. The van der Waals surface area contributed by atoms with Gasteiger partial charge in [-0.1, -0.05) is 27.2 Å². The molecule has 1 N–H and O–H groups in total. The normalized spacial score (nSPS) is 32.2. The van der Waals surface area contributed by atoms with Crippen LogP contribution < -0.4 is 5.32 Å². The lowest BCUT2D eigenvalue weighted by Gasteiger charge is -2.42. The summed E-state index contributed by atoms with van der Waals surface area (Å²) in [5.74, 6) is 1.80. The van der Waals surface area contributed by atoms with Gasteiger partial charge in [-0.15, -0.1) is 0 Å². The fourth-order valence-electron chi connectivity index (χ4n) is 2.80. The third-order valence-corrected chi connectivity index (χ3v) is 4.18. The molecule has 2 fully saturated rings. The maximum absolute atomic E-state index is 3.74. The van der Waals surface area contributed by atoms with E-state index >= 15 is 0 Å². The first-order chi connectivity index (χ1) is 7.70. The van der Waals surface area contributed by atoms with Crippen molar-refractivity contribution >= 4 is 0 Å². The van der Waals surface area contributed by atoms with Crippen LogP contribution in [0.1, 0.15) is 46.5 Å². The molecule has 1 aliphatic carbocycles.